The van der Waals surface area contributed by atoms with Crippen molar-refractivity contribution in [3.63, 3.8) is 0 Å². The van der Waals surface area contributed by atoms with Crippen molar-refractivity contribution in [3.8, 4) is 5.75 Å². The summed E-state index contributed by atoms with van der Waals surface area (Å²) in [4.78, 5) is 5.46. The molecule has 4 aliphatic rings. The predicted molar refractivity (Wildman–Crippen MR) is 116 cm³/mol. The van der Waals surface area contributed by atoms with Crippen LogP contribution < -0.4 is 9.64 Å². The molecule has 0 N–H and O–H groups in total. The third-order valence-corrected chi connectivity index (χ3v) is 9.01. The van der Waals surface area contributed by atoms with Gasteiger partial charge in [0.15, 0.2) is 0 Å². The molecule has 3 heterocycles. The summed E-state index contributed by atoms with van der Waals surface area (Å²) in [6.45, 7) is 9.74. The number of anilines is 1. The first kappa shape index (κ1) is 18.5. The number of benzene rings is 1. The molecule has 28 heavy (non-hydrogen) atoms. The maximum Gasteiger partial charge on any atom is 0.120 e. The molecule has 6 atom stereocenters. The predicted octanol–water partition coefficient (Wildman–Crippen LogP) is 4.86. The fourth-order valence-electron chi connectivity index (χ4n) is 8.28. The van der Waals surface area contributed by atoms with E-state index >= 15 is 0 Å². The van der Waals surface area contributed by atoms with Crippen LogP contribution in [0.2, 0.25) is 0 Å². The van der Waals surface area contributed by atoms with E-state index in [2.05, 4.69) is 68.0 Å². The fourth-order valence-corrected chi connectivity index (χ4v) is 8.28. The number of methoxy groups -OCH3 is 1. The molecule has 2 fully saturated rings. The van der Waals surface area contributed by atoms with Gasteiger partial charge in [-0.3, -0.25) is 4.90 Å². The third-order valence-electron chi connectivity index (χ3n) is 9.01. The summed E-state index contributed by atoms with van der Waals surface area (Å²) in [6.07, 6.45) is 10.3. The number of hydrogen-bond donors (Lipinski definition) is 0. The van der Waals surface area contributed by atoms with Crippen LogP contribution in [-0.2, 0) is 5.41 Å². The summed E-state index contributed by atoms with van der Waals surface area (Å²) in [6, 6.07) is 8.11. The van der Waals surface area contributed by atoms with Crippen molar-refractivity contribution >= 4 is 5.69 Å². The van der Waals surface area contributed by atoms with Gasteiger partial charge in [0.05, 0.1) is 7.11 Å². The van der Waals surface area contributed by atoms with Gasteiger partial charge in [-0.15, -0.1) is 0 Å². The number of rotatable bonds is 4. The summed E-state index contributed by atoms with van der Waals surface area (Å²) >= 11 is 0. The first-order valence-corrected chi connectivity index (χ1v) is 11.4. The summed E-state index contributed by atoms with van der Waals surface area (Å²) in [5.74, 6) is 2.42. The molecule has 3 heteroatoms. The summed E-state index contributed by atoms with van der Waals surface area (Å²) in [5, 5.41) is 0. The minimum absolute atomic E-state index is 0.251. The van der Waals surface area contributed by atoms with E-state index in [9.17, 15) is 0 Å². The van der Waals surface area contributed by atoms with Crippen LogP contribution in [0.3, 0.4) is 0 Å². The number of fused-ring (bicyclic) bond motifs is 1. The van der Waals surface area contributed by atoms with E-state index < -0.39 is 0 Å². The Kier molecular flexibility index (Phi) is 4.14. The van der Waals surface area contributed by atoms with E-state index in [-0.39, 0.29) is 5.41 Å². The molecule has 3 aliphatic heterocycles. The number of hydrogen-bond acceptors (Lipinski definition) is 3. The van der Waals surface area contributed by atoms with Gasteiger partial charge < -0.3 is 9.64 Å². The minimum atomic E-state index is 0.251. The van der Waals surface area contributed by atoms with Gasteiger partial charge in [0.25, 0.3) is 0 Å². The zero-order chi connectivity index (χ0) is 19.7. The lowest BCUT2D eigenvalue weighted by atomic mass is 9.46. The summed E-state index contributed by atoms with van der Waals surface area (Å²) < 4.78 is 5.60. The molecule has 0 bridgehead atoms. The van der Waals surface area contributed by atoms with Crippen molar-refractivity contribution < 1.29 is 4.74 Å². The molecule has 1 aromatic rings. The molecule has 1 spiro atoms. The molecule has 5 unspecified atom stereocenters. The molecule has 1 aliphatic carbocycles. The van der Waals surface area contributed by atoms with E-state index in [1.54, 1.807) is 12.7 Å². The van der Waals surface area contributed by atoms with Gasteiger partial charge in [0.1, 0.15) is 5.75 Å². The van der Waals surface area contributed by atoms with Crippen LogP contribution in [-0.4, -0.2) is 44.2 Å². The molecule has 1 saturated heterocycles. The average molecular weight is 381 g/mol. The Morgan fingerprint density at radius 1 is 1.25 bits per heavy atom. The van der Waals surface area contributed by atoms with E-state index in [0.29, 0.717) is 23.4 Å². The zero-order valence-corrected chi connectivity index (χ0v) is 18.2. The van der Waals surface area contributed by atoms with Gasteiger partial charge >= 0.3 is 0 Å². The smallest absolute Gasteiger partial charge is 0.120 e. The third kappa shape index (κ3) is 1.99. The molecule has 0 radical (unpaired) electrons. The van der Waals surface area contributed by atoms with E-state index in [1.165, 1.54) is 37.9 Å². The van der Waals surface area contributed by atoms with E-state index in [0.717, 1.165) is 18.2 Å². The quantitative estimate of drug-likeness (QED) is 0.694. The lowest BCUT2D eigenvalue weighted by molar-refractivity contribution is -0.0513. The molecule has 0 amide bonds. The van der Waals surface area contributed by atoms with E-state index in [1.807, 2.05) is 0 Å². The first-order valence-electron chi connectivity index (χ1n) is 11.4. The van der Waals surface area contributed by atoms with Crippen LogP contribution >= 0.6 is 0 Å². The van der Waals surface area contributed by atoms with Crippen LogP contribution in [0, 0.1) is 17.3 Å². The summed E-state index contributed by atoms with van der Waals surface area (Å²) in [7, 11) is 4.13. The topological polar surface area (TPSA) is 15.7 Å². The van der Waals surface area contributed by atoms with Crippen LogP contribution in [0.4, 0.5) is 5.69 Å². The van der Waals surface area contributed by atoms with Crippen LogP contribution in [0.15, 0.2) is 30.4 Å². The van der Waals surface area contributed by atoms with Crippen molar-refractivity contribution in [2.75, 3.05) is 32.1 Å². The Morgan fingerprint density at radius 3 is 2.79 bits per heavy atom. The van der Waals surface area contributed by atoms with Crippen LogP contribution in [0.1, 0.15) is 52.0 Å². The highest BCUT2D eigenvalue weighted by Crippen LogP contribution is 2.67. The molecule has 0 aromatic heterocycles. The molecular formula is C25H36N2O. The largest absolute Gasteiger partial charge is 0.497 e. The molecule has 1 saturated carbocycles. The molecule has 5 rings (SSSR count). The molecule has 3 nitrogen and oxygen atoms in total. The molecular weight excluding hydrogens is 344 g/mol. The Bertz CT molecular complexity index is 804. The van der Waals surface area contributed by atoms with Gasteiger partial charge in [-0.25, -0.2) is 0 Å². The van der Waals surface area contributed by atoms with Crippen molar-refractivity contribution in [3.05, 3.63) is 35.9 Å². The SMILES string of the molecule is CCCC1C(C)C2N(C)c3cc(OC)ccc3C23CCN2CC=C[C@]1(CC)C23. The standard InChI is InChI=1S/C25H36N2O/c1-6-9-19-17(3)22-25(20-11-10-18(28-5)16-21(20)26(22)4)13-15-27-14-8-12-24(19,7-2)23(25)27/h8,10-12,16-17,19,22-23H,6-7,9,13-15H2,1-5H3/t17?,19?,22?,23?,24-,25?/m0/s1. The normalized spacial score (nSPS) is 41.0. The Morgan fingerprint density at radius 2 is 2.07 bits per heavy atom. The second-order valence-electron chi connectivity index (χ2n) is 9.75. The lowest BCUT2D eigenvalue weighted by Gasteiger charge is -2.62. The summed E-state index contributed by atoms with van der Waals surface area (Å²) in [5.41, 5.74) is 3.56. The van der Waals surface area contributed by atoms with Gasteiger partial charge in [0.2, 0.25) is 0 Å². The van der Waals surface area contributed by atoms with Gasteiger partial charge in [-0.05, 0) is 49.3 Å². The fraction of sp³-hybridized carbons (Fsp3) is 0.680. The van der Waals surface area contributed by atoms with Crippen LogP contribution in [0.5, 0.6) is 5.75 Å². The van der Waals surface area contributed by atoms with Crippen molar-refractivity contribution in [1.29, 1.82) is 0 Å². The number of likely N-dealkylation sites (N-methyl/N-ethyl adjacent to an activating group) is 1. The van der Waals surface area contributed by atoms with Gasteiger partial charge in [-0.1, -0.05) is 45.4 Å². The average Bonchev–Trinajstić information content (AvgIpc) is 3.22. The number of ether oxygens (including phenoxy) is 1. The Labute approximate surface area is 170 Å². The number of nitrogens with zero attached hydrogens (tertiary/aromatic N) is 2. The second-order valence-corrected chi connectivity index (χ2v) is 9.75. The Hall–Kier alpha value is -1.48. The highest BCUT2D eigenvalue weighted by atomic mass is 16.5. The zero-order valence-electron chi connectivity index (χ0n) is 18.2. The monoisotopic (exact) mass is 380 g/mol. The molecule has 1 aromatic carbocycles. The highest BCUT2D eigenvalue weighted by Gasteiger charge is 2.70. The second kappa shape index (κ2) is 6.26. The van der Waals surface area contributed by atoms with E-state index in [4.69, 9.17) is 4.74 Å². The van der Waals surface area contributed by atoms with Crippen molar-refractivity contribution in [2.24, 2.45) is 17.3 Å². The highest BCUT2D eigenvalue weighted by molar-refractivity contribution is 5.69. The first-order chi connectivity index (χ1) is 13.5. The maximum absolute atomic E-state index is 5.60. The molecule has 152 valence electrons. The van der Waals surface area contributed by atoms with Crippen molar-refractivity contribution in [1.82, 2.24) is 4.90 Å². The Balaban J connectivity index is 1.76. The minimum Gasteiger partial charge on any atom is -0.497 e. The van der Waals surface area contributed by atoms with Crippen LogP contribution in [0.25, 0.3) is 0 Å². The maximum atomic E-state index is 5.60. The van der Waals surface area contributed by atoms with Gasteiger partial charge in [-0.2, -0.15) is 0 Å². The van der Waals surface area contributed by atoms with Crippen molar-refractivity contribution in [2.45, 2.75) is 64.0 Å². The van der Waals surface area contributed by atoms with Gasteiger partial charge in [0, 0.05) is 48.3 Å². The lowest BCUT2D eigenvalue weighted by Crippen LogP contribution is -2.69.